The minimum atomic E-state index is -1.29. The largest absolute Gasteiger partial charge is 0.481 e. The van der Waals surface area contributed by atoms with Crippen LogP contribution < -0.4 is 0 Å². The molecule has 0 amide bonds. The number of carboxylic acids is 1. The average Bonchev–Trinajstić information content (AvgIpc) is 2.23. The van der Waals surface area contributed by atoms with E-state index in [4.69, 9.17) is 28.3 Å². The molecule has 1 aromatic rings. The second-order valence-corrected chi connectivity index (χ2v) is 6.01. The molecule has 0 saturated heterocycles. The molecule has 0 fully saturated rings. The van der Waals surface area contributed by atoms with Crippen molar-refractivity contribution in [2.45, 2.75) is 12.7 Å². The number of hydrogen-bond acceptors (Lipinski definition) is 2. The summed E-state index contributed by atoms with van der Waals surface area (Å²) in [5.41, 5.74) is 0.603. The lowest BCUT2D eigenvalue weighted by molar-refractivity contribution is -0.140. The quantitative estimate of drug-likeness (QED) is 0.908. The van der Waals surface area contributed by atoms with Crippen molar-refractivity contribution < 1.29 is 14.1 Å². The van der Waals surface area contributed by atoms with E-state index in [0.717, 1.165) is 0 Å². The van der Waals surface area contributed by atoms with Crippen LogP contribution in [0.2, 0.25) is 10.0 Å². The predicted octanol–water partition coefficient (Wildman–Crippen LogP) is 2.96. The van der Waals surface area contributed by atoms with E-state index in [9.17, 15) is 9.00 Å². The highest BCUT2D eigenvalue weighted by Gasteiger charge is 2.16. The monoisotopic (exact) mass is 294 g/mol. The van der Waals surface area contributed by atoms with Crippen molar-refractivity contribution in [1.82, 2.24) is 0 Å². The number of aliphatic carboxylic acids is 1. The van der Waals surface area contributed by atoms with Gasteiger partial charge in [-0.3, -0.25) is 9.00 Å². The Morgan fingerprint density at radius 3 is 2.41 bits per heavy atom. The first-order valence-electron chi connectivity index (χ1n) is 4.92. The van der Waals surface area contributed by atoms with E-state index in [-0.39, 0.29) is 11.5 Å². The molecule has 94 valence electrons. The molecule has 2 atom stereocenters. The Morgan fingerprint density at radius 2 is 1.94 bits per heavy atom. The minimum Gasteiger partial charge on any atom is -0.481 e. The molecule has 0 saturated carbocycles. The predicted molar refractivity (Wildman–Crippen MR) is 70.0 cm³/mol. The van der Waals surface area contributed by atoms with E-state index >= 15 is 0 Å². The van der Waals surface area contributed by atoms with Gasteiger partial charge in [0.1, 0.15) is 0 Å². The van der Waals surface area contributed by atoms with Gasteiger partial charge in [0.2, 0.25) is 0 Å². The summed E-state index contributed by atoms with van der Waals surface area (Å²) in [7, 11) is -1.29. The summed E-state index contributed by atoms with van der Waals surface area (Å²) >= 11 is 11.9. The molecule has 0 aliphatic rings. The average molecular weight is 295 g/mol. The van der Waals surface area contributed by atoms with Crippen LogP contribution in [0.3, 0.4) is 0 Å². The molecule has 0 bridgehead atoms. The van der Waals surface area contributed by atoms with Gasteiger partial charge in [0.25, 0.3) is 0 Å². The molecule has 0 aliphatic carbocycles. The van der Waals surface area contributed by atoms with Gasteiger partial charge in [-0.25, -0.2) is 0 Å². The molecular weight excluding hydrogens is 283 g/mol. The van der Waals surface area contributed by atoms with Gasteiger partial charge in [-0.2, -0.15) is 0 Å². The molecule has 3 nitrogen and oxygen atoms in total. The highest BCUT2D eigenvalue weighted by Crippen LogP contribution is 2.25. The second-order valence-electron chi connectivity index (χ2n) is 3.69. The van der Waals surface area contributed by atoms with Gasteiger partial charge in [0.15, 0.2) is 0 Å². The van der Waals surface area contributed by atoms with Crippen LogP contribution in [-0.2, 0) is 21.3 Å². The maximum Gasteiger partial charge on any atom is 0.307 e. The molecule has 2 unspecified atom stereocenters. The zero-order valence-corrected chi connectivity index (χ0v) is 11.5. The number of rotatable bonds is 5. The third-order valence-corrected chi connectivity index (χ3v) is 4.42. The Bertz CT molecular complexity index is 428. The highest BCUT2D eigenvalue weighted by atomic mass is 35.5. The number of halogens is 2. The standard InChI is InChI=1S/C11H12Cl2O3S/c1-7(11(14)15)5-17(16)6-8-9(12)3-2-4-10(8)13/h2-4,7H,5-6H2,1H3,(H,14,15). The molecule has 1 aromatic carbocycles. The number of benzene rings is 1. The molecule has 6 heteroatoms. The normalized spacial score (nSPS) is 14.3. The van der Waals surface area contributed by atoms with Crippen LogP contribution >= 0.6 is 23.2 Å². The molecule has 0 aliphatic heterocycles. The van der Waals surface area contributed by atoms with E-state index < -0.39 is 22.7 Å². The van der Waals surface area contributed by atoms with Crippen molar-refractivity contribution in [3.63, 3.8) is 0 Å². The van der Waals surface area contributed by atoms with Gasteiger partial charge in [-0.15, -0.1) is 0 Å². The smallest absolute Gasteiger partial charge is 0.307 e. The van der Waals surface area contributed by atoms with E-state index in [1.165, 1.54) is 6.92 Å². The maximum atomic E-state index is 11.8. The van der Waals surface area contributed by atoms with Gasteiger partial charge in [0.05, 0.1) is 11.7 Å². The zero-order valence-electron chi connectivity index (χ0n) is 9.15. The SMILES string of the molecule is CC(CS(=O)Cc1c(Cl)cccc1Cl)C(=O)O. The lowest BCUT2D eigenvalue weighted by Crippen LogP contribution is -2.18. The van der Waals surface area contributed by atoms with Crippen LogP contribution in [0, 0.1) is 5.92 Å². The van der Waals surface area contributed by atoms with Crippen molar-refractivity contribution in [1.29, 1.82) is 0 Å². The zero-order chi connectivity index (χ0) is 13.0. The van der Waals surface area contributed by atoms with Crippen molar-refractivity contribution in [3.05, 3.63) is 33.8 Å². The Hall–Kier alpha value is -0.580. The number of hydrogen-bond donors (Lipinski definition) is 1. The fourth-order valence-corrected chi connectivity index (χ4v) is 3.38. The van der Waals surface area contributed by atoms with Crippen LogP contribution in [0.15, 0.2) is 18.2 Å². The van der Waals surface area contributed by atoms with Crippen LogP contribution in [0.4, 0.5) is 0 Å². The van der Waals surface area contributed by atoms with E-state index in [1.807, 2.05) is 0 Å². The van der Waals surface area contributed by atoms with Gasteiger partial charge in [-0.05, 0) is 12.1 Å². The minimum absolute atomic E-state index is 0.0941. The van der Waals surface area contributed by atoms with Gasteiger partial charge in [0, 0.05) is 32.2 Å². The van der Waals surface area contributed by atoms with Gasteiger partial charge in [-0.1, -0.05) is 36.2 Å². The van der Waals surface area contributed by atoms with Crippen LogP contribution in [0.25, 0.3) is 0 Å². The topological polar surface area (TPSA) is 54.4 Å². The van der Waals surface area contributed by atoms with Crippen LogP contribution in [0.1, 0.15) is 12.5 Å². The Kier molecular flexibility index (Phi) is 5.43. The molecule has 0 heterocycles. The Labute approximate surface area is 112 Å². The van der Waals surface area contributed by atoms with Gasteiger partial charge < -0.3 is 5.11 Å². The number of carboxylic acid groups (broad SMARTS) is 1. The molecule has 0 radical (unpaired) electrons. The van der Waals surface area contributed by atoms with Crippen LogP contribution in [0.5, 0.6) is 0 Å². The molecule has 1 rings (SSSR count). The van der Waals surface area contributed by atoms with Crippen LogP contribution in [-0.4, -0.2) is 21.0 Å². The third kappa shape index (κ3) is 4.30. The second kappa shape index (κ2) is 6.38. The maximum absolute atomic E-state index is 11.8. The third-order valence-electron chi connectivity index (χ3n) is 2.22. The first-order chi connectivity index (χ1) is 7.91. The first-order valence-corrected chi connectivity index (χ1v) is 7.17. The molecular formula is C11H12Cl2O3S. The summed E-state index contributed by atoms with van der Waals surface area (Å²) < 4.78 is 11.8. The Balaban J connectivity index is 2.72. The summed E-state index contributed by atoms with van der Waals surface area (Å²) in [6.45, 7) is 1.52. The van der Waals surface area contributed by atoms with E-state index in [1.54, 1.807) is 18.2 Å². The summed E-state index contributed by atoms with van der Waals surface area (Å²) in [4.78, 5) is 10.6. The fraction of sp³-hybridized carbons (Fsp3) is 0.364. The summed E-state index contributed by atoms with van der Waals surface area (Å²) in [6, 6.07) is 5.04. The van der Waals surface area contributed by atoms with Crippen molar-refractivity contribution in [2.24, 2.45) is 5.92 Å². The fourth-order valence-electron chi connectivity index (χ4n) is 1.24. The molecule has 1 N–H and O–H groups in total. The lowest BCUT2D eigenvalue weighted by Gasteiger charge is -2.08. The molecule has 0 spiro atoms. The van der Waals surface area contributed by atoms with Gasteiger partial charge >= 0.3 is 5.97 Å². The van der Waals surface area contributed by atoms with Crippen molar-refractivity contribution in [3.8, 4) is 0 Å². The molecule has 17 heavy (non-hydrogen) atoms. The molecule has 0 aromatic heterocycles. The Morgan fingerprint density at radius 1 is 1.41 bits per heavy atom. The highest BCUT2D eigenvalue weighted by molar-refractivity contribution is 7.84. The van der Waals surface area contributed by atoms with E-state index in [0.29, 0.717) is 15.6 Å². The lowest BCUT2D eigenvalue weighted by atomic mass is 10.2. The van der Waals surface area contributed by atoms with E-state index in [2.05, 4.69) is 0 Å². The summed E-state index contributed by atoms with van der Waals surface area (Å²) in [5, 5.41) is 9.62. The number of carbonyl (C=O) groups is 1. The van der Waals surface area contributed by atoms with Crippen molar-refractivity contribution >= 4 is 40.0 Å². The summed E-state index contributed by atoms with van der Waals surface area (Å²) in [6.07, 6.45) is 0. The first kappa shape index (κ1) is 14.5. The van der Waals surface area contributed by atoms with Crippen molar-refractivity contribution in [2.75, 3.05) is 5.75 Å². The summed E-state index contributed by atoms with van der Waals surface area (Å²) in [5.74, 6) is -1.33.